The maximum atomic E-state index is 12.6. The second kappa shape index (κ2) is 8.13. The maximum Gasteiger partial charge on any atom is 0.251 e. The number of hydrogen-bond donors (Lipinski definition) is 2. The molecular weight excluding hydrogens is 334 g/mol. The van der Waals surface area contributed by atoms with Gasteiger partial charge in [0.1, 0.15) is 0 Å². The van der Waals surface area contributed by atoms with Gasteiger partial charge in [-0.05, 0) is 62.4 Å². The van der Waals surface area contributed by atoms with E-state index in [0.717, 1.165) is 37.2 Å². The largest absolute Gasteiger partial charge is 0.367 e. The molecule has 0 saturated carbocycles. The topological polar surface area (TPSA) is 44.4 Å². The van der Waals surface area contributed by atoms with Crippen molar-refractivity contribution < 1.29 is 4.79 Å². The first kappa shape index (κ1) is 18.1. The summed E-state index contributed by atoms with van der Waals surface area (Å²) in [5, 5.41) is 6.87. The second-order valence-electron chi connectivity index (χ2n) is 7.83. The number of carbonyl (C=O) groups is 1. The third kappa shape index (κ3) is 4.33. The second-order valence-corrected chi connectivity index (χ2v) is 7.83. The van der Waals surface area contributed by atoms with Crippen LogP contribution in [0.25, 0.3) is 0 Å². The number of carbonyl (C=O) groups excluding carboxylic acids is 1. The normalized spacial score (nSPS) is 23.8. The minimum absolute atomic E-state index is 0.0546. The molecule has 2 heterocycles. The molecule has 2 N–H and O–H groups in total. The van der Waals surface area contributed by atoms with Gasteiger partial charge in [0.15, 0.2) is 0 Å². The Balaban J connectivity index is 1.38. The summed E-state index contributed by atoms with van der Waals surface area (Å²) in [6.07, 6.45) is 4.61. The van der Waals surface area contributed by atoms with Crippen LogP contribution in [0.2, 0.25) is 0 Å². The van der Waals surface area contributed by atoms with Gasteiger partial charge in [0.25, 0.3) is 5.91 Å². The fourth-order valence-electron chi connectivity index (χ4n) is 4.46. The van der Waals surface area contributed by atoms with Crippen molar-refractivity contribution >= 4 is 11.6 Å². The number of nitrogens with zero attached hydrogens (tertiary/aromatic N) is 1. The minimum Gasteiger partial charge on any atom is -0.367 e. The summed E-state index contributed by atoms with van der Waals surface area (Å²) in [4.78, 5) is 15.0. The van der Waals surface area contributed by atoms with Crippen LogP contribution in [0.4, 0.5) is 5.69 Å². The standard InChI is InChI=1S/C23H29N3O/c1-2-26(16-17-6-4-3-5-7-17)22-12-8-18(9-13-22)23(27)25-21-14-19-10-11-20(15-21)24-19/h3-9,12-13,19-21,24H,2,10-11,14-16H2,1H3,(H,25,27). The van der Waals surface area contributed by atoms with E-state index in [4.69, 9.17) is 0 Å². The molecule has 2 aromatic carbocycles. The predicted octanol–water partition coefficient (Wildman–Crippen LogP) is 3.73. The van der Waals surface area contributed by atoms with E-state index in [2.05, 4.69) is 58.9 Å². The molecule has 2 aliphatic rings. The average molecular weight is 364 g/mol. The smallest absolute Gasteiger partial charge is 0.251 e. The Morgan fingerprint density at radius 3 is 2.33 bits per heavy atom. The first-order chi connectivity index (χ1) is 13.2. The van der Waals surface area contributed by atoms with Crippen molar-refractivity contribution in [1.82, 2.24) is 10.6 Å². The molecule has 4 rings (SSSR count). The van der Waals surface area contributed by atoms with Gasteiger partial charge < -0.3 is 15.5 Å². The molecule has 4 heteroatoms. The van der Waals surface area contributed by atoms with Crippen molar-refractivity contribution in [2.45, 2.75) is 57.3 Å². The van der Waals surface area contributed by atoms with E-state index in [0.29, 0.717) is 18.1 Å². The quantitative estimate of drug-likeness (QED) is 0.822. The summed E-state index contributed by atoms with van der Waals surface area (Å²) in [7, 11) is 0. The van der Waals surface area contributed by atoms with Gasteiger partial charge in [0.05, 0.1) is 0 Å². The van der Waals surface area contributed by atoms with Crippen LogP contribution < -0.4 is 15.5 Å². The Kier molecular flexibility index (Phi) is 5.44. The third-order valence-corrected chi connectivity index (χ3v) is 5.90. The third-order valence-electron chi connectivity index (χ3n) is 5.90. The Morgan fingerprint density at radius 2 is 1.70 bits per heavy atom. The molecule has 2 fully saturated rings. The number of nitrogens with one attached hydrogen (secondary N) is 2. The zero-order valence-corrected chi connectivity index (χ0v) is 16.0. The lowest BCUT2D eigenvalue weighted by Gasteiger charge is -2.29. The molecule has 2 bridgehead atoms. The van der Waals surface area contributed by atoms with Crippen LogP contribution in [-0.2, 0) is 6.54 Å². The van der Waals surface area contributed by atoms with E-state index in [1.165, 1.54) is 18.4 Å². The molecule has 0 spiro atoms. The Morgan fingerprint density at radius 1 is 1.04 bits per heavy atom. The number of anilines is 1. The summed E-state index contributed by atoms with van der Waals surface area (Å²) in [6, 6.07) is 20.0. The van der Waals surface area contributed by atoms with Gasteiger partial charge in [0, 0.05) is 42.5 Å². The zero-order chi connectivity index (χ0) is 18.6. The SMILES string of the molecule is CCN(Cc1ccccc1)c1ccc(C(=O)NC2CC3CCC(C2)N3)cc1. The van der Waals surface area contributed by atoms with Crippen molar-refractivity contribution in [3.63, 3.8) is 0 Å². The van der Waals surface area contributed by atoms with E-state index in [-0.39, 0.29) is 5.91 Å². The van der Waals surface area contributed by atoms with E-state index < -0.39 is 0 Å². The van der Waals surface area contributed by atoms with Crippen molar-refractivity contribution in [1.29, 1.82) is 0 Å². The van der Waals surface area contributed by atoms with Crippen LogP contribution in [0, 0.1) is 0 Å². The van der Waals surface area contributed by atoms with Gasteiger partial charge in [0.2, 0.25) is 0 Å². The minimum atomic E-state index is 0.0546. The van der Waals surface area contributed by atoms with Crippen LogP contribution in [0.15, 0.2) is 54.6 Å². The lowest BCUT2D eigenvalue weighted by atomic mass is 9.99. The maximum absolute atomic E-state index is 12.6. The predicted molar refractivity (Wildman–Crippen MR) is 110 cm³/mol. The highest BCUT2D eigenvalue weighted by Gasteiger charge is 2.34. The molecule has 0 aromatic heterocycles. The van der Waals surface area contributed by atoms with Crippen LogP contribution in [0.3, 0.4) is 0 Å². The molecule has 2 aromatic rings. The summed E-state index contributed by atoms with van der Waals surface area (Å²) in [5.74, 6) is 0.0546. The molecule has 2 saturated heterocycles. The summed E-state index contributed by atoms with van der Waals surface area (Å²) >= 11 is 0. The number of rotatable bonds is 6. The van der Waals surface area contributed by atoms with E-state index >= 15 is 0 Å². The molecule has 1 amide bonds. The Bertz CT molecular complexity index is 747. The molecule has 142 valence electrons. The molecule has 0 aliphatic carbocycles. The Labute approximate surface area is 162 Å². The molecule has 2 atom stereocenters. The van der Waals surface area contributed by atoms with Gasteiger partial charge in [-0.1, -0.05) is 30.3 Å². The van der Waals surface area contributed by atoms with Crippen molar-refractivity contribution in [2.75, 3.05) is 11.4 Å². The fraction of sp³-hybridized carbons (Fsp3) is 0.435. The highest BCUT2D eigenvalue weighted by molar-refractivity contribution is 5.94. The highest BCUT2D eigenvalue weighted by Crippen LogP contribution is 2.27. The van der Waals surface area contributed by atoms with E-state index in [9.17, 15) is 4.79 Å². The molecule has 2 aliphatic heterocycles. The van der Waals surface area contributed by atoms with Gasteiger partial charge in [-0.2, -0.15) is 0 Å². The number of hydrogen-bond acceptors (Lipinski definition) is 3. The number of piperidine rings is 1. The van der Waals surface area contributed by atoms with Gasteiger partial charge in [-0.25, -0.2) is 0 Å². The molecule has 4 nitrogen and oxygen atoms in total. The summed E-state index contributed by atoms with van der Waals surface area (Å²) in [6.45, 7) is 3.97. The summed E-state index contributed by atoms with van der Waals surface area (Å²) < 4.78 is 0. The van der Waals surface area contributed by atoms with Crippen LogP contribution >= 0.6 is 0 Å². The lowest BCUT2D eigenvalue weighted by Crippen LogP contribution is -2.48. The first-order valence-electron chi connectivity index (χ1n) is 10.2. The van der Waals surface area contributed by atoms with Gasteiger partial charge >= 0.3 is 0 Å². The van der Waals surface area contributed by atoms with E-state index in [1.807, 2.05) is 18.2 Å². The van der Waals surface area contributed by atoms with Crippen LogP contribution in [0.5, 0.6) is 0 Å². The monoisotopic (exact) mass is 363 g/mol. The molecule has 0 radical (unpaired) electrons. The van der Waals surface area contributed by atoms with Crippen molar-refractivity contribution in [2.24, 2.45) is 0 Å². The molecular formula is C23H29N3O. The highest BCUT2D eigenvalue weighted by atomic mass is 16.1. The number of benzene rings is 2. The molecule has 2 unspecified atom stereocenters. The van der Waals surface area contributed by atoms with E-state index in [1.54, 1.807) is 0 Å². The van der Waals surface area contributed by atoms with Crippen LogP contribution in [0.1, 0.15) is 48.5 Å². The Hall–Kier alpha value is -2.33. The lowest BCUT2D eigenvalue weighted by molar-refractivity contribution is 0.0924. The first-order valence-corrected chi connectivity index (χ1v) is 10.2. The average Bonchev–Trinajstić information content (AvgIpc) is 3.05. The number of amides is 1. The fourth-order valence-corrected chi connectivity index (χ4v) is 4.46. The summed E-state index contributed by atoms with van der Waals surface area (Å²) in [5.41, 5.74) is 3.19. The van der Waals surface area contributed by atoms with Crippen molar-refractivity contribution in [3.8, 4) is 0 Å². The number of fused-ring (bicyclic) bond motifs is 2. The van der Waals surface area contributed by atoms with Crippen molar-refractivity contribution in [3.05, 3.63) is 65.7 Å². The molecule has 27 heavy (non-hydrogen) atoms. The van der Waals surface area contributed by atoms with Gasteiger partial charge in [-0.3, -0.25) is 4.79 Å². The van der Waals surface area contributed by atoms with Gasteiger partial charge in [-0.15, -0.1) is 0 Å². The zero-order valence-electron chi connectivity index (χ0n) is 16.0. The van der Waals surface area contributed by atoms with Crippen LogP contribution in [-0.4, -0.2) is 30.6 Å².